The van der Waals surface area contributed by atoms with Gasteiger partial charge in [0.15, 0.2) is 0 Å². The van der Waals surface area contributed by atoms with Crippen LogP contribution in [0.5, 0.6) is 0 Å². The number of amides is 2. The minimum Gasteiger partial charge on any atom is -0.338 e. The Labute approximate surface area is 73.2 Å². The standard InChI is InChI=1S/C9H16N2O/c1-2-3-7-10-9(12)11-8-5-4-6-8/h2,8H,1,3-7H2,(H2,10,11,12). The van der Waals surface area contributed by atoms with E-state index in [1.165, 1.54) is 6.42 Å². The molecule has 0 spiro atoms. The lowest BCUT2D eigenvalue weighted by molar-refractivity contribution is 0.228. The Bertz CT molecular complexity index is 164. The number of nitrogens with one attached hydrogen (secondary N) is 2. The summed E-state index contributed by atoms with van der Waals surface area (Å²) in [6.07, 6.45) is 6.14. The Hall–Kier alpha value is -0.990. The SMILES string of the molecule is C=CCCNC(=O)NC1CCC1. The Morgan fingerprint density at radius 2 is 2.33 bits per heavy atom. The molecule has 1 fully saturated rings. The highest BCUT2D eigenvalue weighted by atomic mass is 16.2. The van der Waals surface area contributed by atoms with Crippen LogP contribution in [0.3, 0.4) is 0 Å². The van der Waals surface area contributed by atoms with Crippen molar-refractivity contribution in [1.82, 2.24) is 10.6 Å². The number of hydrogen-bond acceptors (Lipinski definition) is 1. The molecule has 0 saturated heterocycles. The molecule has 3 heteroatoms. The summed E-state index contributed by atoms with van der Waals surface area (Å²) in [5.74, 6) is 0. The molecule has 0 aliphatic heterocycles. The molecule has 0 bridgehead atoms. The fourth-order valence-electron chi connectivity index (χ4n) is 1.08. The third kappa shape index (κ3) is 2.95. The van der Waals surface area contributed by atoms with Crippen molar-refractivity contribution in [3.05, 3.63) is 12.7 Å². The zero-order valence-corrected chi connectivity index (χ0v) is 7.31. The summed E-state index contributed by atoms with van der Waals surface area (Å²) in [6, 6.07) is 0.385. The molecule has 0 heterocycles. The van der Waals surface area contributed by atoms with Crippen molar-refractivity contribution in [3.8, 4) is 0 Å². The number of hydrogen-bond donors (Lipinski definition) is 2. The molecular formula is C9H16N2O. The van der Waals surface area contributed by atoms with Crippen molar-refractivity contribution in [2.24, 2.45) is 0 Å². The minimum atomic E-state index is -0.0402. The summed E-state index contributed by atoms with van der Waals surface area (Å²) in [4.78, 5) is 11.1. The molecule has 68 valence electrons. The Kier molecular flexibility index (Phi) is 3.64. The van der Waals surface area contributed by atoms with Crippen LogP contribution in [0.25, 0.3) is 0 Å². The highest BCUT2D eigenvalue weighted by Crippen LogP contribution is 2.17. The Balaban J connectivity index is 1.99. The second-order valence-electron chi connectivity index (χ2n) is 3.11. The van der Waals surface area contributed by atoms with Crippen LogP contribution in [0.1, 0.15) is 25.7 Å². The highest BCUT2D eigenvalue weighted by molar-refractivity contribution is 5.74. The molecule has 2 N–H and O–H groups in total. The summed E-state index contributed by atoms with van der Waals surface area (Å²) in [7, 11) is 0. The molecule has 0 atom stereocenters. The van der Waals surface area contributed by atoms with Crippen molar-refractivity contribution < 1.29 is 4.79 Å². The van der Waals surface area contributed by atoms with Crippen molar-refractivity contribution in [2.75, 3.05) is 6.54 Å². The number of rotatable bonds is 4. The van der Waals surface area contributed by atoms with Crippen molar-refractivity contribution in [1.29, 1.82) is 0 Å². The van der Waals surface area contributed by atoms with E-state index in [0.717, 1.165) is 19.3 Å². The smallest absolute Gasteiger partial charge is 0.315 e. The van der Waals surface area contributed by atoms with Gasteiger partial charge in [-0.15, -0.1) is 6.58 Å². The van der Waals surface area contributed by atoms with E-state index in [0.29, 0.717) is 12.6 Å². The van der Waals surface area contributed by atoms with Crippen LogP contribution < -0.4 is 10.6 Å². The molecule has 1 rings (SSSR count). The summed E-state index contributed by atoms with van der Waals surface area (Å²) >= 11 is 0. The second kappa shape index (κ2) is 4.80. The second-order valence-corrected chi connectivity index (χ2v) is 3.11. The van der Waals surface area contributed by atoms with E-state index < -0.39 is 0 Å². The van der Waals surface area contributed by atoms with Gasteiger partial charge in [-0.05, 0) is 25.7 Å². The first kappa shape index (κ1) is 9.10. The average molecular weight is 168 g/mol. The molecule has 2 amide bonds. The van der Waals surface area contributed by atoms with Gasteiger partial charge in [0.05, 0.1) is 0 Å². The first-order chi connectivity index (χ1) is 5.83. The van der Waals surface area contributed by atoms with E-state index in [-0.39, 0.29) is 6.03 Å². The monoisotopic (exact) mass is 168 g/mol. The van der Waals surface area contributed by atoms with Crippen molar-refractivity contribution >= 4 is 6.03 Å². The van der Waals surface area contributed by atoms with Gasteiger partial charge in [0.2, 0.25) is 0 Å². The van der Waals surface area contributed by atoms with Crippen LogP contribution in [-0.4, -0.2) is 18.6 Å². The first-order valence-corrected chi connectivity index (χ1v) is 4.48. The minimum absolute atomic E-state index is 0.0402. The van der Waals surface area contributed by atoms with E-state index in [1.807, 2.05) is 0 Å². The first-order valence-electron chi connectivity index (χ1n) is 4.48. The van der Waals surface area contributed by atoms with Gasteiger partial charge < -0.3 is 10.6 Å². The lowest BCUT2D eigenvalue weighted by atomic mass is 9.93. The number of carbonyl (C=O) groups is 1. The van der Waals surface area contributed by atoms with Gasteiger partial charge in [0.25, 0.3) is 0 Å². The van der Waals surface area contributed by atoms with Crippen LogP contribution in [0, 0.1) is 0 Å². The molecule has 0 aromatic heterocycles. The quantitative estimate of drug-likeness (QED) is 0.483. The van der Waals surface area contributed by atoms with Crippen LogP contribution in [0.2, 0.25) is 0 Å². The fourth-order valence-corrected chi connectivity index (χ4v) is 1.08. The fraction of sp³-hybridized carbons (Fsp3) is 0.667. The Morgan fingerprint density at radius 3 is 2.83 bits per heavy atom. The van der Waals surface area contributed by atoms with E-state index in [4.69, 9.17) is 0 Å². The van der Waals surface area contributed by atoms with Crippen molar-refractivity contribution in [3.63, 3.8) is 0 Å². The maximum absolute atomic E-state index is 11.1. The normalized spacial score (nSPS) is 16.3. The van der Waals surface area contributed by atoms with E-state index >= 15 is 0 Å². The van der Waals surface area contributed by atoms with Crippen LogP contribution in [0.15, 0.2) is 12.7 Å². The van der Waals surface area contributed by atoms with Crippen LogP contribution >= 0.6 is 0 Å². The summed E-state index contributed by atoms with van der Waals surface area (Å²) < 4.78 is 0. The zero-order chi connectivity index (χ0) is 8.81. The molecule has 1 saturated carbocycles. The molecule has 1 aliphatic carbocycles. The highest BCUT2D eigenvalue weighted by Gasteiger charge is 2.18. The predicted octanol–water partition coefficient (Wildman–Crippen LogP) is 1.41. The van der Waals surface area contributed by atoms with Gasteiger partial charge in [-0.3, -0.25) is 0 Å². The molecule has 0 aromatic rings. The van der Waals surface area contributed by atoms with E-state index in [9.17, 15) is 4.79 Å². The maximum Gasteiger partial charge on any atom is 0.315 e. The molecular weight excluding hydrogens is 152 g/mol. The van der Waals surface area contributed by atoms with Gasteiger partial charge in [-0.2, -0.15) is 0 Å². The van der Waals surface area contributed by atoms with Gasteiger partial charge >= 0.3 is 6.03 Å². The van der Waals surface area contributed by atoms with Crippen molar-refractivity contribution in [2.45, 2.75) is 31.7 Å². The molecule has 12 heavy (non-hydrogen) atoms. The topological polar surface area (TPSA) is 41.1 Å². The van der Waals surface area contributed by atoms with E-state index in [1.54, 1.807) is 6.08 Å². The molecule has 1 aliphatic rings. The molecule has 0 unspecified atom stereocenters. The van der Waals surface area contributed by atoms with Gasteiger partial charge in [0.1, 0.15) is 0 Å². The predicted molar refractivity (Wildman–Crippen MR) is 49.0 cm³/mol. The summed E-state index contributed by atoms with van der Waals surface area (Å²) in [5, 5.41) is 5.65. The van der Waals surface area contributed by atoms with Gasteiger partial charge in [0, 0.05) is 12.6 Å². The average Bonchev–Trinajstić information content (AvgIpc) is 1.98. The molecule has 0 aromatic carbocycles. The molecule has 0 radical (unpaired) electrons. The maximum atomic E-state index is 11.1. The summed E-state index contributed by atoms with van der Waals surface area (Å²) in [6.45, 7) is 4.26. The Morgan fingerprint density at radius 1 is 1.58 bits per heavy atom. The van der Waals surface area contributed by atoms with E-state index in [2.05, 4.69) is 17.2 Å². The third-order valence-electron chi connectivity index (χ3n) is 2.07. The lowest BCUT2D eigenvalue weighted by Gasteiger charge is -2.26. The third-order valence-corrected chi connectivity index (χ3v) is 2.07. The largest absolute Gasteiger partial charge is 0.338 e. The summed E-state index contributed by atoms with van der Waals surface area (Å²) in [5.41, 5.74) is 0. The van der Waals surface area contributed by atoms with Crippen LogP contribution in [-0.2, 0) is 0 Å². The lowest BCUT2D eigenvalue weighted by Crippen LogP contribution is -2.45. The number of urea groups is 1. The molecule has 3 nitrogen and oxygen atoms in total. The number of carbonyl (C=O) groups excluding carboxylic acids is 1. The van der Waals surface area contributed by atoms with Crippen LogP contribution in [0.4, 0.5) is 4.79 Å². The zero-order valence-electron chi connectivity index (χ0n) is 7.31. The van der Waals surface area contributed by atoms with Gasteiger partial charge in [-0.25, -0.2) is 4.79 Å². The van der Waals surface area contributed by atoms with Gasteiger partial charge in [-0.1, -0.05) is 6.08 Å².